The van der Waals surface area contributed by atoms with E-state index in [0.29, 0.717) is 12.5 Å². The second-order valence-electron chi connectivity index (χ2n) is 5.12. The standard InChI is InChI=1S/C13H20FN3/c1-13(2,3)16-12(15)17(4)9-10-5-7-11(14)8-6-10/h5-8H,9H2,1-4H3,(H2,15,16). The van der Waals surface area contributed by atoms with Crippen LogP contribution in [0.25, 0.3) is 0 Å². The summed E-state index contributed by atoms with van der Waals surface area (Å²) in [6.45, 7) is 6.59. The summed E-state index contributed by atoms with van der Waals surface area (Å²) >= 11 is 0. The lowest BCUT2D eigenvalue weighted by Crippen LogP contribution is -2.35. The molecule has 0 atom stereocenters. The molecule has 0 saturated heterocycles. The molecule has 0 fully saturated rings. The molecular formula is C13H20FN3. The Morgan fingerprint density at radius 2 is 1.82 bits per heavy atom. The Morgan fingerprint density at radius 3 is 2.29 bits per heavy atom. The van der Waals surface area contributed by atoms with Crippen molar-refractivity contribution >= 4 is 5.96 Å². The van der Waals surface area contributed by atoms with Gasteiger partial charge in [0.2, 0.25) is 0 Å². The molecule has 0 aliphatic rings. The quantitative estimate of drug-likeness (QED) is 0.634. The summed E-state index contributed by atoms with van der Waals surface area (Å²) < 4.78 is 12.7. The van der Waals surface area contributed by atoms with Gasteiger partial charge in [0, 0.05) is 13.6 Å². The van der Waals surface area contributed by atoms with Gasteiger partial charge in [-0.25, -0.2) is 9.38 Å². The first-order valence-electron chi connectivity index (χ1n) is 5.59. The molecule has 0 aliphatic carbocycles. The molecule has 4 heteroatoms. The lowest BCUT2D eigenvalue weighted by atomic mass is 10.1. The highest BCUT2D eigenvalue weighted by Crippen LogP contribution is 2.09. The fraction of sp³-hybridized carbons (Fsp3) is 0.462. The number of aliphatic imine (C=N–C) groups is 1. The third kappa shape index (κ3) is 4.85. The van der Waals surface area contributed by atoms with E-state index in [-0.39, 0.29) is 11.4 Å². The van der Waals surface area contributed by atoms with Gasteiger partial charge in [-0.1, -0.05) is 12.1 Å². The number of halogens is 1. The van der Waals surface area contributed by atoms with E-state index >= 15 is 0 Å². The van der Waals surface area contributed by atoms with E-state index in [1.54, 1.807) is 12.1 Å². The molecule has 1 aromatic rings. The van der Waals surface area contributed by atoms with E-state index in [4.69, 9.17) is 5.73 Å². The van der Waals surface area contributed by atoms with Gasteiger partial charge in [0.15, 0.2) is 5.96 Å². The van der Waals surface area contributed by atoms with Gasteiger partial charge in [-0.3, -0.25) is 0 Å². The van der Waals surface area contributed by atoms with Crippen LogP contribution in [0.5, 0.6) is 0 Å². The van der Waals surface area contributed by atoms with Gasteiger partial charge < -0.3 is 10.6 Å². The molecule has 1 rings (SSSR count). The molecule has 0 radical (unpaired) electrons. The molecule has 0 spiro atoms. The summed E-state index contributed by atoms with van der Waals surface area (Å²) in [4.78, 5) is 6.21. The summed E-state index contributed by atoms with van der Waals surface area (Å²) in [5.74, 6) is 0.259. The molecule has 17 heavy (non-hydrogen) atoms. The van der Waals surface area contributed by atoms with E-state index in [0.717, 1.165) is 5.56 Å². The largest absolute Gasteiger partial charge is 0.370 e. The number of nitrogens with two attached hydrogens (primary N) is 1. The van der Waals surface area contributed by atoms with Crippen molar-refractivity contribution in [3.63, 3.8) is 0 Å². The maximum atomic E-state index is 12.7. The first-order chi connectivity index (χ1) is 7.78. The molecule has 0 saturated carbocycles. The average Bonchev–Trinajstić information content (AvgIpc) is 2.19. The Bertz CT molecular complexity index is 390. The molecular weight excluding hydrogens is 217 g/mol. The number of guanidine groups is 1. The van der Waals surface area contributed by atoms with Crippen molar-refractivity contribution < 1.29 is 4.39 Å². The highest BCUT2D eigenvalue weighted by atomic mass is 19.1. The smallest absolute Gasteiger partial charge is 0.191 e. The molecule has 0 aliphatic heterocycles. The molecule has 0 amide bonds. The molecule has 0 unspecified atom stereocenters. The fourth-order valence-electron chi connectivity index (χ4n) is 1.37. The Hall–Kier alpha value is -1.58. The molecule has 94 valence electrons. The lowest BCUT2D eigenvalue weighted by molar-refractivity contribution is 0.474. The number of hydrogen-bond acceptors (Lipinski definition) is 1. The van der Waals surface area contributed by atoms with Crippen molar-refractivity contribution in [3.8, 4) is 0 Å². The first kappa shape index (κ1) is 13.5. The number of hydrogen-bond donors (Lipinski definition) is 1. The minimum absolute atomic E-state index is 0.193. The Morgan fingerprint density at radius 1 is 1.29 bits per heavy atom. The zero-order valence-corrected chi connectivity index (χ0v) is 10.9. The van der Waals surface area contributed by atoms with E-state index in [1.165, 1.54) is 12.1 Å². The number of nitrogens with zero attached hydrogens (tertiary/aromatic N) is 2. The van der Waals surface area contributed by atoms with Crippen LogP contribution in [0.2, 0.25) is 0 Å². The SMILES string of the molecule is CN(Cc1ccc(F)cc1)C(N)=NC(C)(C)C. The summed E-state index contributed by atoms with van der Waals surface area (Å²) in [7, 11) is 1.87. The second kappa shape index (κ2) is 5.17. The third-order valence-corrected chi connectivity index (χ3v) is 2.17. The minimum Gasteiger partial charge on any atom is -0.370 e. The highest BCUT2D eigenvalue weighted by molar-refractivity contribution is 5.78. The van der Waals surface area contributed by atoms with Crippen LogP contribution < -0.4 is 5.73 Å². The highest BCUT2D eigenvalue weighted by Gasteiger charge is 2.10. The normalized spacial score (nSPS) is 12.6. The summed E-state index contributed by atoms with van der Waals surface area (Å²) in [5, 5.41) is 0. The predicted octanol–water partition coefficient (Wildman–Crippen LogP) is 2.37. The maximum Gasteiger partial charge on any atom is 0.191 e. The van der Waals surface area contributed by atoms with Crippen LogP contribution in [-0.2, 0) is 6.54 Å². The van der Waals surface area contributed by atoms with E-state index in [9.17, 15) is 4.39 Å². The van der Waals surface area contributed by atoms with E-state index in [2.05, 4.69) is 4.99 Å². The van der Waals surface area contributed by atoms with E-state index < -0.39 is 0 Å². The van der Waals surface area contributed by atoms with Crippen LogP contribution in [0, 0.1) is 5.82 Å². The van der Waals surface area contributed by atoms with Crippen LogP contribution in [-0.4, -0.2) is 23.4 Å². The first-order valence-corrected chi connectivity index (χ1v) is 5.59. The van der Waals surface area contributed by atoms with Crippen molar-refractivity contribution in [1.29, 1.82) is 0 Å². The number of rotatable bonds is 2. The zero-order chi connectivity index (χ0) is 13.1. The summed E-state index contributed by atoms with van der Waals surface area (Å²) in [5.41, 5.74) is 6.69. The summed E-state index contributed by atoms with van der Waals surface area (Å²) in [6.07, 6.45) is 0. The van der Waals surface area contributed by atoms with Gasteiger partial charge in [-0.15, -0.1) is 0 Å². The Kier molecular flexibility index (Phi) is 4.10. The van der Waals surface area contributed by atoms with Crippen molar-refractivity contribution in [1.82, 2.24) is 4.90 Å². The molecule has 2 N–H and O–H groups in total. The predicted molar refractivity (Wildman–Crippen MR) is 69.2 cm³/mol. The lowest BCUT2D eigenvalue weighted by Gasteiger charge is -2.22. The maximum absolute atomic E-state index is 12.7. The van der Waals surface area contributed by atoms with Gasteiger partial charge in [-0.2, -0.15) is 0 Å². The second-order valence-corrected chi connectivity index (χ2v) is 5.12. The van der Waals surface area contributed by atoms with Crippen molar-refractivity contribution in [2.24, 2.45) is 10.7 Å². The summed E-state index contributed by atoms with van der Waals surface area (Å²) in [6, 6.07) is 6.38. The van der Waals surface area contributed by atoms with Gasteiger partial charge in [0.1, 0.15) is 5.82 Å². The topological polar surface area (TPSA) is 41.6 Å². The van der Waals surface area contributed by atoms with Crippen molar-refractivity contribution in [2.75, 3.05) is 7.05 Å². The van der Waals surface area contributed by atoms with Gasteiger partial charge in [0.25, 0.3) is 0 Å². The van der Waals surface area contributed by atoms with Crippen LogP contribution in [0.15, 0.2) is 29.3 Å². The third-order valence-electron chi connectivity index (χ3n) is 2.17. The monoisotopic (exact) mass is 237 g/mol. The van der Waals surface area contributed by atoms with Crippen LogP contribution in [0.1, 0.15) is 26.3 Å². The van der Waals surface area contributed by atoms with Crippen LogP contribution in [0.4, 0.5) is 4.39 Å². The van der Waals surface area contributed by atoms with Crippen molar-refractivity contribution in [2.45, 2.75) is 32.9 Å². The van der Waals surface area contributed by atoms with Gasteiger partial charge in [0.05, 0.1) is 5.54 Å². The average molecular weight is 237 g/mol. The van der Waals surface area contributed by atoms with Crippen molar-refractivity contribution in [3.05, 3.63) is 35.6 Å². The molecule has 3 nitrogen and oxygen atoms in total. The molecule has 1 aromatic carbocycles. The fourth-order valence-corrected chi connectivity index (χ4v) is 1.37. The molecule has 0 aromatic heterocycles. The van der Waals surface area contributed by atoms with Crippen LogP contribution >= 0.6 is 0 Å². The number of benzene rings is 1. The molecule has 0 bridgehead atoms. The Balaban J connectivity index is 2.69. The van der Waals surface area contributed by atoms with Crippen LogP contribution in [0.3, 0.4) is 0 Å². The molecule has 0 heterocycles. The minimum atomic E-state index is -0.229. The van der Waals surface area contributed by atoms with Gasteiger partial charge in [-0.05, 0) is 38.5 Å². The zero-order valence-electron chi connectivity index (χ0n) is 10.9. The van der Waals surface area contributed by atoms with E-state index in [1.807, 2.05) is 32.7 Å². The Labute approximate surface area is 102 Å². The van der Waals surface area contributed by atoms with Gasteiger partial charge >= 0.3 is 0 Å².